The Morgan fingerprint density at radius 2 is 2.12 bits per heavy atom. The minimum absolute atomic E-state index is 0.00110. The molecule has 1 aliphatic rings. The zero-order chi connectivity index (χ0) is 13.1. The van der Waals surface area contributed by atoms with Crippen LogP contribution in [0.15, 0.2) is 0 Å². The molecule has 1 rings (SSSR count). The quantitative estimate of drug-likeness (QED) is 0.757. The average Bonchev–Trinajstić information content (AvgIpc) is 2.26. The number of thioether (sulfide) groups is 1. The van der Waals surface area contributed by atoms with Gasteiger partial charge in [0.1, 0.15) is 0 Å². The Kier molecular flexibility index (Phi) is 5.32. The minimum atomic E-state index is 0.00110. The van der Waals surface area contributed by atoms with Crippen LogP contribution in [0.25, 0.3) is 0 Å². The first-order chi connectivity index (χ1) is 7.91. The van der Waals surface area contributed by atoms with Crippen LogP contribution < -0.4 is 11.1 Å². The van der Waals surface area contributed by atoms with Crippen LogP contribution in [-0.4, -0.2) is 30.5 Å². The number of nitrogens with one attached hydrogen (secondary N) is 1. The molecule has 4 heteroatoms. The molecule has 3 N–H and O–H groups in total. The van der Waals surface area contributed by atoms with E-state index in [1.165, 1.54) is 0 Å². The molecule has 0 heterocycles. The van der Waals surface area contributed by atoms with Gasteiger partial charge in [-0.15, -0.1) is 0 Å². The van der Waals surface area contributed by atoms with Crippen molar-refractivity contribution in [2.75, 3.05) is 18.6 Å². The fourth-order valence-electron chi connectivity index (χ4n) is 2.72. The summed E-state index contributed by atoms with van der Waals surface area (Å²) in [6.45, 7) is 7.30. The van der Waals surface area contributed by atoms with Gasteiger partial charge < -0.3 is 11.1 Å². The highest BCUT2D eigenvalue weighted by molar-refractivity contribution is 7.98. The highest BCUT2D eigenvalue weighted by Crippen LogP contribution is 2.44. The third-order valence-electron chi connectivity index (χ3n) is 4.42. The summed E-state index contributed by atoms with van der Waals surface area (Å²) in [7, 11) is 0. The van der Waals surface area contributed by atoms with E-state index >= 15 is 0 Å². The van der Waals surface area contributed by atoms with E-state index in [0.717, 1.165) is 25.1 Å². The van der Waals surface area contributed by atoms with E-state index in [2.05, 4.69) is 32.3 Å². The van der Waals surface area contributed by atoms with Gasteiger partial charge in [0.05, 0.1) is 0 Å². The lowest BCUT2D eigenvalue weighted by Crippen LogP contribution is -2.51. The van der Waals surface area contributed by atoms with E-state index in [0.29, 0.717) is 5.92 Å². The molecule has 3 nitrogen and oxygen atoms in total. The first-order valence-electron chi connectivity index (χ1n) is 6.43. The Labute approximate surface area is 109 Å². The summed E-state index contributed by atoms with van der Waals surface area (Å²) in [6, 6.07) is 0.236. The molecule has 0 aromatic carbocycles. The van der Waals surface area contributed by atoms with Crippen LogP contribution >= 0.6 is 11.8 Å². The minimum Gasteiger partial charge on any atom is -0.355 e. The summed E-state index contributed by atoms with van der Waals surface area (Å²) < 4.78 is 0. The van der Waals surface area contributed by atoms with Gasteiger partial charge in [0.25, 0.3) is 0 Å². The van der Waals surface area contributed by atoms with E-state index in [4.69, 9.17) is 5.73 Å². The fourth-order valence-corrected chi connectivity index (χ4v) is 3.02. The maximum Gasteiger partial charge on any atom is 0.223 e. The van der Waals surface area contributed by atoms with Crippen molar-refractivity contribution in [2.24, 2.45) is 23.0 Å². The molecule has 0 aromatic rings. The summed E-state index contributed by atoms with van der Waals surface area (Å²) in [6.07, 6.45) is 3.94. The van der Waals surface area contributed by atoms with Gasteiger partial charge in [0.15, 0.2) is 0 Å². The van der Waals surface area contributed by atoms with Gasteiger partial charge in [-0.2, -0.15) is 11.8 Å². The Morgan fingerprint density at radius 1 is 1.47 bits per heavy atom. The molecule has 0 aromatic heterocycles. The summed E-state index contributed by atoms with van der Waals surface area (Å²) in [5.74, 6) is 1.70. The highest BCUT2D eigenvalue weighted by atomic mass is 32.2. The Balaban J connectivity index is 2.60. The van der Waals surface area contributed by atoms with Crippen LogP contribution in [-0.2, 0) is 4.79 Å². The summed E-state index contributed by atoms with van der Waals surface area (Å²) >= 11 is 1.76. The second-order valence-corrected chi connectivity index (χ2v) is 6.67. The number of rotatable bonds is 4. The number of carbonyl (C=O) groups excluding carboxylic acids is 1. The van der Waals surface area contributed by atoms with Crippen molar-refractivity contribution in [1.29, 1.82) is 0 Å². The first-order valence-corrected chi connectivity index (χ1v) is 7.82. The topological polar surface area (TPSA) is 55.1 Å². The lowest BCUT2D eigenvalue weighted by atomic mass is 9.61. The summed E-state index contributed by atoms with van der Waals surface area (Å²) in [4.78, 5) is 12.2. The fraction of sp³-hybridized carbons (Fsp3) is 0.923. The standard InChI is InChI=1S/C13H26N2OS/c1-9-11(14)6-5-10(13(9,2)3)12(16)15-7-8-17-4/h9-11H,5-8,14H2,1-4H3,(H,15,16). The number of hydrogen-bond acceptors (Lipinski definition) is 3. The molecular weight excluding hydrogens is 232 g/mol. The van der Waals surface area contributed by atoms with Gasteiger partial charge in [0.2, 0.25) is 5.91 Å². The van der Waals surface area contributed by atoms with Crippen molar-refractivity contribution >= 4 is 17.7 Å². The van der Waals surface area contributed by atoms with E-state index in [-0.39, 0.29) is 23.3 Å². The number of carbonyl (C=O) groups is 1. The normalized spacial score (nSPS) is 32.2. The van der Waals surface area contributed by atoms with Gasteiger partial charge in [-0.1, -0.05) is 20.8 Å². The van der Waals surface area contributed by atoms with Crippen LogP contribution in [0.3, 0.4) is 0 Å². The van der Waals surface area contributed by atoms with Crippen LogP contribution in [0.2, 0.25) is 0 Å². The number of amides is 1. The van der Waals surface area contributed by atoms with Crippen molar-refractivity contribution in [2.45, 2.75) is 39.7 Å². The maximum atomic E-state index is 12.2. The molecule has 3 atom stereocenters. The third kappa shape index (κ3) is 3.38. The van der Waals surface area contributed by atoms with E-state index in [1.807, 2.05) is 0 Å². The smallest absolute Gasteiger partial charge is 0.223 e. The van der Waals surface area contributed by atoms with E-state index in [1.54, 1.807) is 11.8 Å². The second-order valence-electron chi connectivity index (χ2n) is 5.69. The Hall–Kier alpha value is -0.220. The van der Waals surface area contributed by atoms with Crippen molar-refractivity contribution in [1.82, 2.24) is 5.32 Å². The summed E-state index contributed by atoms with van der Waals surface area (Å²) in [5, 5.41) is 3.04. The van der Waals surface area contributed by atoms with Crippen molar-refractivity contribution < 1.29 is 4.79 Å². The zero-order valence-corrected chi connectivity index (χ0v) is 12.3. The molecule has 0 saturated heterocycles. The van der Waals surface area contributed by atoms with E-state index < -0.39 is 0 Å². The van der Waals surface area contributed by atoms with Gasteiger partial charge in [-0.3, -0.25) is 4.79 Å². The third-order valence-corrected chi connectivity index (χ3v) is 5.04. The molecule has 0 aliphatic heterocycles. The van der Waals surface area contributed by atoms with Crippen molar-refractivity contribution in [3.8, 4) is 0 Å². The molecule has 17 heavy (non-hydrogen) atoms. The Bertz CT molecular complexity index is 268. The number of nitrogens with two attached hydrogens (primary N) is 1. The van der Waals surface area contributed by atoms with Crippen LogP contribution in [0, 0.1) is 17.3 Å². The van der Waals surface area contributed by atoms with Gasteiger partial charge in [-0.25, -0.2) is 0 Å². The van der Waals surface area contributed by atoms with Gasteiger partial charge >= 0.3 is 0 Å². The van der Waals surface area contributed by atoms with Gasteiger partial charge in [0, 0.05) is 24.3 Å². The van der Waals surface area contributed by atoms with Crippen molar-refractivity contribution in [3.05, 3.63) is 0 Å². The predicted octanol–water partition coefficient (Wildman–Crippen LogP) is 1.87. The summed E-state index contributed by atoms with van der Waals surface area (Å²) in [5.41, 5.74) is 6.10. The molecule has 0 bridgehead atoms. The molecule has 1 amide bonds. The Morgan fingerprint density at radius 3 is 2.71 bits per heavy atom. The number of hydrogen-bond donors (Lipinski definition) is 2. The molecular formula is C13H26N2OS. The van der Waals surface area contributed by atoms with E-state index in [9.17, 15) is 4.79 Å². The lowest BCUT2D eigenvalue weighted by molar-refractivity contribution is -0.132. The lowest BCUT2D eigenvalue weighted by Gasteiger charge is -2.46. The van der Waals surface area contributed by atoms with Crippen LogP contribution in [0.1, 0.15) is 33.6 Å². The monoisotopic (exact) mass is 258 g/mol. The molecule has 0 radical (unpaired) electrons. The molecule has 1 saturated carbocycles. The molecule has 1 aliphatic carbocycles. The van der Waals surface area contributed by atoms with Gasteiger partial charge in [-0.05, 0) is 30.4 Å². The molecule has 1 fully saturated rings. The van der Waals surface area contributed by atoms with Crippen LogP contribution in [0.4, 0.5) is 0 Å². The maximum absolute atomic E-state index is 12.2. The molecule has 3 unspecified atom stereocenters. The second kappa shape index (κ2) is 6.10. The SMILES string of the molecule is CSCCNC(=O)C1CCC(N)C(C)C1(C)C. The largest absolute Gasteiger partial charge is 0.355 e. The first kappa shape index (κ1) is 14.8. The van der Waals surface area contributed by atoms with Crippen LogP contribution in [0.5, 0.6) is 0 Å². The van der Waals surface area contributed by atoms with Crippen molar-refractivity contribution in [3.63, 3.8) is 0 Å². The average molecular weight is 258 g/mol. The highest BCUT2D eigenvalue weighted by Gasteiger charge is 2.44. The zero-order valence-electron chi connectivity index (χ0n) is 11.5. The predicted molar refractivity (Wildman–Crippen MR) is 75.0 cm³/mol. The molecule has 0 spiro atoms. The molecule has 100 valence electrons.